The Morgan fingerprint density at radius 2 is 2.24 bits per heavy atom. The number of rotatable bonds is 4. The molecule has 0 radical (unpaired) electrons. The number of hydrogen-bond donors (Lipinski definition) is 0. The van der Waals surface area contributed by atoms with Gasteiger partial charge in [0, 0.05) is 15.2 Å². The minimum Gasteiger partial charge on any atom is -0.466 e. The Balaban J connectivity index is 3.03. The fraction of sp³-hybridized carbons (Fsp3) is 0.400. The van der Waals surface area contributed by atoms with Gasteiger partial charge in [-0.1, -0.05) is 0 Å². The number of carbonyl (C=O) groups excluding carboxylic acids is 1. The second-order valence-electron chi connectivity index (χ2n) is 3.08. The number of esters is 1. The van der Waals surface area contributed by atoms with Crippen LogP contribution in [0.3, 0.4) is 0 Å². The van der Waals surface area contributed by atoms with Crippen LogP contribution in [0.2, 0.25) is 0 Å². The Bertz CT molecular complexity index is 426. The van der Waals surface area contributed by atoms with Crippen LogP contribution in [0.5, 0.6) is 0 Å². The van der Waals surface area contributed by atoms with Crippen LogP contribution in [0.25, 0.3) is 0 Å². The standard InChI is InChI=1S/C10H9F3INO2/c1-2-17-8(16)4-6-9(14)5(10(12)13)3-7(11)15-6/h3,10H,2,4H2,1H3. The van der Waals surface area contributed by atoms with Gasteiger partial charge in [-0.15, -0.1) is 0 Å². The molecule has 7 heteroatoms. The van der Waals surface area contributed by atoms with Crippen molar-refractivity contribution in [2.75, 3.05) is 6.61 Å². The molecule has 1 heterocycles. The lowest BCUT2D eigenvalue weighted by atomic mass is 10.2. The van der Waals surface area contributed by atoms with Gasteiger partial charge in [0.2, 0.25) is 5.95 Å². The molecule has 94 valence electrons. The van der Waals surface area contributed by atoms with Gasteiger partial charge in [0.15, 0.2) is 0 Å². The maximum atomic E-state index is 13.0. The van der Waals surface area contributed by atoms with Crippen LogP contribution in [0, 0.1) is 9.52 Å². The molecular weight excluding hydrogens is 350 g/mol. The van der Waals surface area contributed by atoms with Crippen LogP contribution in [0.4, 0.5) is 13.2 Å². The van der Waals surface area contributed by atoms with E-state index in [0.717, 1.165) is 0 Å². The molecule has 0 aliphatic rings. The zero-order chi connectivity index (χ0) is 13.0. The second-order valence-corrected chi connectivity index (χ2v) is 4.16. The third-order valence-corrected chi connectivity index (χ3v) is 3.12. The first-order valence-corrected chi connectivity index (χ1v) is 5.82. The molecule has 17 heavy (non-hydrogen) atoms. The minimum atomic E-state index is -2.81. The quantitative estimate of drug-likeness (QED) is 0.472. The first-order valence-electron chi connectivity index (χ1n) is 4.74. The summed E-state index contributed by atoms with van der Waals surface area (Å²) in [4.78, 5) is 14.6. The smallest absolute Gasteiger partial charge is 0.311 e. The van der Waals surface area contributed by atoms with E-state index in [1.54, 1.807) is 29.5 Å². The van der Waals surface area contributed by atoms with E-state index in [1.165, 1.54) is 0 Å². The molecule has 0 atom stereocenters. The number of nitrogens with zero attached hydrogens (tertiary/aromatic N) is 1. The molecule has 0 saturated heterocycles. The molecule has 0 aliphatic carbocycles. The molecule has 0 fully saturated rings. The Labute approximate surface area is 110 Å². The van der Waals surface area contributed by atoms with Crippen molar-refractivity contribution in [1.82, 2.24) is 4.98 Å². The highest BCUT2D eigenvalue weighted by atomic mass is 127. The molecule has 1 aromatic rings. The highest BCUT2D eigenvalue weighted by molar-refractivity contribution is 14.1. The second kappa shape index (κ2) is 6.18. The van der Waals surface area contributed by atoms with Crippen LogP contribution in [-0.2, 0) is 16.0 Å². The highest BCUT2D eigenvalue weighted by Gasteiger charge is 2.19. The predicted molar refractivity (Wildman–Crippen MR) is 62.2 cm³/mol. The van der Waals surface area contributed by atoms with Crippen molar-refractivity contribution in [2.24, 2.45) is 0 Å². The third-order valence-electron chi connectivity index (χ3n) is 1.88. The van der Waals surface area contributed by atoms with E-state index in [1.807, 2.05) is 0 Å². The van der Waals surface area contributed by atoms with Crippen molar-refractivity contribution >= 4 is 28.6 Å². The summed E-state index contributed by atoms with van der Waals surface area (Å²) in [5, 5.41) is 0. The number of hydrogen-bond acceptors (Lipinski definition) is 3. The molecule has 0 amide bonds. The molecule has 1 rings (SSSR count). The van der Waals surface area contributed by atoms with Gasteiger partial charge in [-0.05, 0) is 29.5 Å². The first kappa shape index (κ1) is 14.2. The maximum Gasteiger partial charge on any atom is 0.311 e. The van der Waals surface area contributed by atoms with E-state index in [2.05, 4.69) is 9.72 Å². The van der Waals surface area contributed by atoms with Gasteiger partial charge in [0.25, 0.3) is 6.43 Å². The van der Waals surface area contributed by atoms with Crippen molar-refractivity contribution in [3.63, 3.8) is 0 Å². The van der Waals surface area contributed by atoms with Crippen LogP contribution in [0.15, 0.2) is 6.07 Å². The van der Waals surface area contributed by atoms with Crippen molar-refractivity contribution in [3.8, 4) is 0 Å². The summed E-state index contributed by atoms with van der Waals surface area (Å²) in [6.07, 6.45) is -3.12. The number of halogens is 4. The molecule has 0 aromatic carbocycles. The fourth-order valence-electron chi connectivity index (χ4n) is 1.19. The summed E-state index contributed by atoms with van der Waals surface area (Å²) in [6.45, 7) is 1.79. The van der Waals surface area contributed by atoms with E-state index in [9.17, 15) is 18.0 Å². The third kappa shape index (κ3) is 3.83. The molecule has 1 aromatic heterocycles. The molecule has 0 bridgehead atoms. The zero-order valence-electron chi connectivity index (χ0n) is 8.84. The monoisotopic (exact) mass is 359 g/mol. The van der Waals surface area contributed by atoms with Gasteiger partial charge in [0.05, 0.1) is 18.7 Å². The van der Waals surface area contributed by atoms with E-state index in [-0.39, 0.29) is 22.3 Å². The van der Waals surface area contributed by atoms with Crippen molar-refractivity contribution in [2.45, 2.75) is 19.8 Å². The summed E-state index contributed by atoms with van der Waals surface area (Å²) in [6, 6.07) is 0.668. The highest BCUT2D eigenvalue weighted by Crippen LogP contribution is 2.27. The average Bonchev–Trinajstić information content (AvgIpc) is 2.22. The van der Waals surface area contributed by atoms with Crippen molar-refractivity contribution in [3.05, 3.63) is 26.8 Å². The summed E-state index contributed by atoms with van der Waals surface area (Å²) in [5.41, 5.74) is -0.489. The molecule has 0 saturated carbocycles. The van der Waals surface area contributed by atoms with E-state index in [4.69, 9.17) is 0 Å². The topological polar surface area (TPSA) is 39.2 Å². The largest absolute Gasteiger partial charge is 0.466 e. The lowest BCUT2D eigenvalue weighted by molar-refractivity contribution is -0.142. The van der Waals surface area contributed by atoms with Gasteiger partial charge in [-0.3, -0.25) is 4.79 Å². The zero-order valence-corrected chi connectivity index (χ0v) is 11.0. The molecule has 0 spiro atoms. The number of carbonyl (C=O) groups is 1. The van der Waals surface area contributed by atoms with Crippen molar-refractivity contribution in [1.29, 1.82) is 0 Å². The minimum absolute atomic E-state index is 0.0284. The predicted octanol–water partition coefficient (Wildman–Crippen LogP) is 2.87. The van der Waals surface area contributed by atoms with Crippen LogP contribution in [-0.4, -0.2) is 17.6 Å². The van der Waals surface area contributed by atoms with Gasteiger partial charge in [0.1, 0.15) is 0 Å². The normalized spacial score (nSPS) is 10.7. The van der Waals surface area contributed by atoms with Gasteiger partial charge < -0.3 is 4.74 Å². The summed E-state index contributed by atoms with van der Waals surface area (Å²) < 4.78 is 42.9. The summed E-state index contributed by atoms with van der Waals surface area (Å²) in [7, 11) is 0. The number of aromatic nitrogens is 1. The maximum absolute atomic E-state index is 13.0. The van der Waals surface area contributed by atoms with E-state index < -0.39 is 23.9 Å². The Kier molecular flexibility index (Phi) is 5.16. The number of alkyl halides is 2. The lowest BCUT2D eigenvalue weighted by Crippen LogP contribution is -2.12. The summed E-state index contributed by atoms with van der Waals surface area (Å²) >= 11 is 1.62. The average molecular weight is 359 g/mol. The molecule has 3 nitrogen and oxygen atoms in total. The van der Waals surface area contributed by atoms with Crippen LogP contribution < -0.4 is 0 Å². The fourth-order valence-corrected chi connectivity index (χ4v) is 1.90. The Hall–Kier alpha value is -0.860. The van der Waals surface area contributed by atoms with Crippen LogP contribution in [0.1, 0.15) is 24.6 Å². The van der Waals surface area contributed by atoms with Gasteiger partial charge in [-0.25, -0.2) is 13.8 Å². The van der Waals surface area contributed by atoms with Gasteiger partial charge >= 0.3 is 5.97 Å². The molecule has 0 aliphatic heterocycles. The molecule has 0 N–H and O–H groups in total. The Morgan fingerprint density at radius 1 is 1.59 bits per heavy atom. The number of pyridine rings is 1. The first-order chi connectivity index (χ1) is 7.95. The summed E-state index contributed by atoms with van der Waals surface area (Å²) in [5.74, 6) is -1.65. The van der Waals surface area contributed by atoms with Gasteiger partial charge in [-0.2, -0.15) is 4.39 Å². The van der Waals surface area contributed by atoms with E-state index in [0.29, 0.717) is 6.07 Å². The SMILES string of the molecule is CCOC(=O)Cc1nc(F)cc(C(F)F)c1I. The van der Waals surface area contributed by atoms with E-state index >= 15 is 0 Å². The van der Waals surface area contributed by atoms with Crippen molar-refractivity contribution < 1.29 is 22.7 Å². The molecular formula is C10H9F3INO2. The Morgan fingerprint density at radius 3 is 2.76 bits per heavy atom. The molecule has 0 unspecified atom stereocenters. The van der Waals surface area contributed by atoms with Crippen LogP contribution >= 0.6 is 22.6 Å². The number of ether oxygens (including phenoxy) is 1. The lowest BCUT2D eigenvalue weighted by Gasteiger charge is -2.08.